The molecule has 3 aromatic rings. The number of aryl methyl sites for hydroxylation is 1. The number of carbonyl (C=O) groups is 1. The van der Waals surface area contributed by atoms with Gasteiger partial charge < -0.3 is 9.73 Å². The monoisotopic (exact) mass is 309 g/mol. The Morgan fingerprint density at radius 1 is 1.04 bits per heavy atom. The fourth-order valence-electron chi connectivity index (χ4n) is 1.95. The summed E-state index contributed by atoms with van der Waals surface area (Å²) in [6.45, 7) is 0.405. The van der Waals surface area contributed by atoms with Gasteiger partial charge in [0.1, 0.15) is 5.69 Å². The molecule has 0 radical (unpaired) electrons. The highest BCUT2D eigenvalue weighted by atomic mass is 16.4. The van der Waals surface area contributed by atoms with Crippen LogP contribution in [-0.2, 0) is 17.8 Å². The predicted molar refractivity (Wildman–Crippen MR) is 81.9 cm³/mol. The Morgan fingerprint density at radius 2 is 1.87 bits per heavy atom. The fourth-order valence-corrected chi connectivity index (χ4v) is 1.95. The lowest BCUT2D eigenvalue weighted by Crippen LogP contribution is -2.23. The van der Waals surface area contributed by atoms with E-state index in [-0.39, 0.29) is 12.3 Å². The second kappa shape index (κ2) is 7.26. The van der Waals surface area contributed by atoms with Crippen LogP contribution in [0.3, 0.4) is 0 Å². The van der Waals surface area contributed by atoms with E-state index in [9.17, 15) is 4.79 Å². The zero-order chi connectivity index (χ0) is 15.9. The van der Waals surface area contributed by atoms with Gasteiger partial charge in [0.2, 0.25) is 11.8 Å². The summed E-state index contributed by atoms with van der Waals surface area (Å²) in [6, 6.07) is 11.0. The Morgan fingerprint density at radius 3 is 2.61 bits per heavy atom. The molecule has 7 heteroatoms. The highest BCUT2D eigenvalue weighted by Crippen LogP contribution is 2.14. The zero-order valence-electron chi connectivity index (χ0n) is 12.3. The second-order valence-corrected chi connectivity index (χ2v) is 4.81. The first-order valence-corrected chi connectivity index (χ1v) is 7.21. The van der Waals surface area contributed by atoms with Gasteiger partial charge in [0.05, 0.1) is 12.2 Å². The minimum Gasteiger partial charge on any atom is -0.419 e. The molecule has 0 aromatic carbocycles. The summed E-state index contributed by atoms with van der Waals surface area (Å²) >= 11 is 0. The number of hydrogen-bond acceptors (Lipinski definition) is 6. The Kier molecular flexibility index (Phi) is 4.68. The van der Waals surface area contributed by atoms with Crippen molar-refractivity contribution in [3.8, 4) is 11.6 Å². The molecule has 0 aliphatic rings. The van der Waals surface area contributed by atoms with Gasteiger partial charge in [-0.3, -0.25) is 14.8 Å². The van der Waals surface area contributed by atoms with Crippen LogP contribution in [0.4, 0.5) is 0 Å². The first-order chi connectivity index (χ1) is 11.3. The van der Waals surface area contributed by atoms with Gasteiger partial charge in [-0.05, 0) is 24.3 Å². The molecule has 1 amide bonds. The number of pyridine rings is 2. The first-order valence-electron chi connectivity index (χ1n) is 7.21. The van der Waals surface area contributed by atoms with E-state index in [4.69, 9.17) is 4.42 Å². The molecule has 0 bridgehead atoms. The molecule has 0 unspecified atom stereocenters. The molecular formula is C16H15N5O2. The van der Waals surface area contributed by atoms with Crippen molar-refractivity contribution in [1.82, 2.24) is 25.5 Å². The zero-order valence-corrected chi connectivity index (χ0v) is 12.3. The summed E-state index contributed by atoms with van der Waals surface area (Å²) in [7, 11) is 0. The molecular weight excluding hydrogens is 294 g/mol. The van der Waals surface area contributed by atoms with Crippen molar-refractivity contribution >= 4 is 5.91 Å². The maximum absolute atomic E-state index is 11.8. The van der Waals surface area contributed by atoms with Gasteiger partial charge in [-0.15, -0.1) is 10.2 Å². The summed E-state index contributed by atoms with van der Waals surface area (Å²) in [5.74, 6) is 0.682. The normalized spacial score (nSPS) is 10.4. The standard InChI is InChI=1S/C16H15N5O2/c22-14(19-11-12-5-1-3-9-17-12)7-8-15-20-21-16(23-15)13-6-2-4-10-18-13/h1-6,9-10H,7-8,11H2,(H,19,22). The molecule has 3 heterocycles. The lowest BCUT2D eigenvalue weighted by Gasteiger charge is -2.03. The van der Waals surface area contributed by atoms with Crippen molar-refractivity contribution in [2.75, 3.05) is 0 Å². The van der Waals surface area contributed by atoms with E-state index in [0.29, 0.717) is 30.4 Å². The van der Waals surface area contributed by atoms with Crippen LogP contribution in [0, 0.1) is 0 Å². The smallest absolute Gasteiger partial charge is 0.266 e. The molecule has 7 nitrogen and oxygen atoms in total. The molecule has 116 valence electrons. The van der Waals surface area contributed by atoms with Crippen molar-refractivity contribution in [2.24, 2.45) is 0 Å². The van der Waals surface area contributed by atoms with Crippen LogP contribution in [0.25, 0.3) is 11.6 Å². The van der Waals surface area contributed by atoms with Gasteiger partial charge in [0.15, 0.2) is 0 Å². The molecule has 3 aromatic heterocycles. The number of rotatable bonds is 6. The number of amides is 1. The molecule has 0 atom stereocenters. The third-order valence-electron chi connectivity index (χ3n) is 3.11. The van der Waals surface area contributed by atoms with E-state index in [1.807, 2.05) is 30.3 Å². The maximum Gasteiger partial charge on any atom is 0.266 e. The lowest BCUT2D eigenvalue weighted by atomic mass is 10.3. The molecule has 0 aliphatic heterocycles. The average Bonchev–Trinajstić information content (AvgIpc) is 3.09. The molecule has 0 spiro atoms. The average molecular weight is 309 g/mol. The molecule has 0 saturated heterocycles. The van der Waals surface area contributed by atoms with Crippen molar-refractivity contribution in [1.29, 1.82) is 0 Å². The molecule has 3 rings (SSSR count). The third kappa shape index (κ3) is 4.19. The highest BCUT2D eigenvalue weighted by molar-refractivity contribution is 5.75. The maximum atomic E-state index is 11.8. The fraction of sp³-hybridized carbons (Fsp3) is 0.188. The quantitative estimate of drug-likeness (QED) is 0.746. The second-order valence-electron chi connectivity index (χ2n) is 4.81. The number of nitrogens with zero attached hydrogens (tertiary/aromatic N) is 4. The van der Waals surface area contributed by atoms with Crippen LogP contribution in [-0.4, -0.2) is 26.1 Å². The summed E-state index contributed by atoms with van der Waals surface area (Å²) in [4.78, 5) is 20.1. The van der Waals surface area contributed by atoms with Gasteiger partial charge in [-0.2, -0.15) is 0 Å². The Labute approximate surface area is 132 Å². The van der Waals surface area contributed by atoms with E-state index >= 15 is 0 Å². The number of nitrogens with one attached hydrogen (secondary N) is 1. The number of carbonyl (C=O) groups excluding carboxylic acids is 1. The Hall–Kier alpha value is -3.09. The highest BCUT2D eigenvalue weighted by Gasteiger charge is 2.11. The van der Waals surface area contributed by atoms with Crippen molar-refractivity contribution in [3.05, 3.63) is 60.4 Å². The minimum atomic E-state index is -0.0896. The summed E-state index contributed by atoms with van der Waals surface area (Å²) in [5, 5.41) is 10.7. The minimum absolute atomic E-state index is 0.0896. The van der Waals surface area contributed by atoms with Crippen LogP contribution in [0.5, 0.6) is 0 Å². The van der Waals surface area contributed by atoms with E-state index in [1.165, 1.54) is 0 Å². The lowest BCUT2D eigenvalue weighted by molar-refractivity contribution is -0.121. The summed E-state index contributed by atoms with van der Waals surface area (Å²) in [5.41, 5.74) is 1.43. The van der Waals surface area contributed by atoms with Crippen LogP contribution in [0.2, 0.25) is 0 Å². The van der Waals surface area contributed by atoms with Crippen molar-refractivity contribution in [2.45, 2.75) is 19.4 Å². The summed E-state index contributed by atoms with van der Waals surface area (Å²) in [6.07, 6.45) is 4.01. The number of hydrogen-bond donors (Lipinski definition) is 1. The van der Waals surface area contributed by atoms with Crippen LogP contribution < -0.4 is 5.32 Å². The third-order valence-corrected chi connectivity index (χ3v) is 3.11. The van der Waals surface area contributed by atoms with Crippen molar-refractivity contribution < 1.29 is 9.21 Å². The Balaban J connectivity index is 1.49. The summed E-state index contributed by atoms with van der Waals surface area (Å²) < 4.78 is 5.51. The molecule has 0 aliphatic carbocycles. The van der Waals surface area contributed by atoms with Gasteiger partial charge in [-0.25, -0.2) is 0 Å². The molecule has 0 saturated carbocycles. The van der Waals surface area contributed by atoms with E-state index in [2.05, 4.69) is 25.5 Å². The van der Waals surface area contributed by atoms with Gasteiger partial charge in [0, 0.05) is 25.2 Å². The van der Waals surface area contributed by atoms with E-state index in [1.54, 1.807) is 18.5 Å². The van der Waals surface area contributed by atoms with Crippen LogP contribution >= 0.6 is 0 Å². The van der Waals surface area contributed by atoms with Crippen LogP contribution in [0.1, 0.15) is 18.0 Å². The van der Waals surface area contributed by atoms with Gasteiger partial charge in [-0.1, -0.05) is 12.1 Å². The molecule has 1 N–H and O–H groups in total. The Bertz CT molecular complexity index is 758. The van der Waals surface area contributed by atoms with Crippen LogP contribution in [0.15, 0.2) is 53.2 Å². The predicted octanol–water partition coefficient (Wildman–Crippen LogP) is 1.78. The SMILES string of the molecule is O=C(CCc1nnc(-c2ccccn2)o1)NCc1ccccn1. The van der Waals surface area contributed by atoms with Crippen molar-refractivity contribution in [3.63, 3.8) is 0 Å². The largest absolute Gasteiger partial charge is 0.419 e. The molecule has 0 fully saturated rings. The molecule has 23 heavy (non-hydrogen) atoms. The van der Waals surface area contributed by atoms with E-state index < -0.39 is 0 Å². The topological polar surface area (TPSA) is 93.8 Å². The van der Waals surface area contributed by atoms with Gasteiger partial charge >= 0.3 is 0 Å². The first kappa shape index (κ1) is 14.8. The van der Waals surface area contributed by atoms with E-state index in [0.717, 1.165) is 5.69 Å². The van der Waals surface area contributed by atoms with Gasteiger partial charge in [0.25, 0.3) is 5.89 Å². The number of aromatic nitrogens is 4.